The molecule has 0 atom stereocenters. The SMILES string of the molecule is CN1CCN(c2ncc(Oc3cc(CN4CCC(NC(N)=O)CC4)cc(-c4cc(Cl)cc(Cl)c4)n3)cn2)CC1. The number of urea groups is 1. The van der Waals surface area contributed by atoms with Gasteiger partial charge in [-0.05, 0) is 49.7 Å². The van der Waals surface area contributed by atoms with Gasteiger partial charge in [0.25, 0.3) is 0 Å². The van der Waals surface area contributed by atoms with Gasteiger partial charge in [0.2, 0.25) is 11.8 Å². The molecule has 0 aliphatic carbocycles. The maximum Gasteiger partial charge on any atom is 0.312 e. The van der Waals surface area contributed by atoms with Gasteiger partial charge in [-0.2, -0.15) is 0 Å². The lowest BCUT2D eigenvalue weighted by molar-refractivity contribution is 0.189. The van der Waals surface area contributed by atoms with Crippen molar-refractivity contribution in [2.75, 3.05) is 51.2 Å². The molecule has 5 rings (SSSR count). The van der Waals surface area contributed by atoms with Crippen LogP contribution >= 0.6 is 23.2 Å². The second-order valence-corrected chi connectivity index (χ2v) is 10.9. The van der Waals surface area contributed by atoms with E-state index in [1.54, 1.807) is 18.5 Å². The number of carbonyl (C=O) groups is 1. The normalized spacial score (nSPS) is 17.3. The summed E-state index contributed by atoms with van der Waals surface area (Å²) in [5.41, 5.74) is 7.82. The van der Waals surface area contributed by atoms with Gasteiger partial charge >= 0.3 is 6.03 Å². The molecule has 2 fully saturated rings. The van der Waals surface area contributed by atoms with Crippen molar-refractivity contribution in [2.45, 2.75) is 25.4 Å². The summed E-state index contributed by atoms with van der Waals surface area (Å²) in [5.74, 6) is 1.63. The van der Waals surface area contributed by atoms with E-state index in [0.717, 1.165) is 63.2 Å². The lowest BCUT2D eigenvalue weighted by atomic mass is 10.0. The maximum absolute atomic E-state index is 11.2. The summed E-state index contributed by atoms with van der Waals surface area (Å²) in [6.07, 6.45) is 5.04. The number of amides is 2. The molecule has 39 heavy (non-hydrogen) atoms. The molecule has 0 spiro atoms. The molecule has 12 heteroatoms. The minimum absolute atomic E-state index is 0.105. The number of hydrogen-bond donors (Lipinski definition) is 2. The van der Waals surface area contributed by atoms with Gasteiger partial charge in [-0.25, -0.2) is 19.7 Å². The van der Waals surface area contributed by atoms with Crippen molar-refractivity contribution in [1.82, 2.24) is 30.1 Å². The molecule has 2 saturated heterocycles. The number of aromatic nitrogens is 3. The first-order valence-corrected chi connectivity index (χ1v) is 13.8. The standard InChI is InChI=1S/C27H32Cl2N8O2/c1-35-6-8-37(9-7-35)27-31-15-23(16-32-27)39-25-11-18(17-36-4-2-22(3-5-36)33-26(30)38)10-24(34-25)19-12-20(28)14-21(29)13-19/h10-16,22H,2-9,17H2,1H3,(H3,30,33,38). The Labute approximate surface area is 238 Å². The lowest BCUT2D eigenvalue weighted by Crippen LogP contribution is -2.46. The number of carbonyl (C=O) groups excluding carboxylic acids is 1. The maximum atomic E-state index is 11.2. The van der Waals surface area contributed by atoms with Crippen LogP contribution in [0.5, 0.6) is 11.6 Å². The van der Waals surface area contributed by atoms with Crippen LogP contribution in [0.4, 0.5) is 10.7 Å². The monoisotopic (exact) mass is 570 g/mol. The van der Waals surface area contributed by atoms with Crippen molar-refractivity contribution in [1.29, 1.82) is 0 Å². The van der Waals surface area contributed by atoms with Crippen LogP contribution in [-0.4, -0.2) is 83.1 Å². The summed E-state index contributed by atoms with van der Waals surface area (Å²) in [5, 5.41) is 3.87. The number of ether oxygens (including phenoxy) is 1. The number of nitrogens with one attached hydrogen (secondary N) is 1. The summed E-state index contributed by atoms with van der Waals surface area (Å²) >= 11 is 12.6. The Kier molecular flexibility index (Phi) is 8.66. The average molecular weight is 572 g/mol. The third kappa shape index (κ3) is 7.48. The first kappa shape index (κ1) is 27.4. The van der Waals surface area contributed by atoms with E-state index in [-0.39, 0.29) is 6.04 Å². The Morgan fingerprint density at radius 1 is 1.00 bits per heavy atom. The van der Waals surface area contributed by atoms with Crippen molar-refractivity contribution >= 4 is 35.2 Å². The summed E-state index contributed by atoms with van der Waals surface area (Å²) in [6.45, 7) is 6.11. The highest BCUT2D eigenvalue weighted by Gasteiger charge is 2.21. The van der Waals surface area contributed by atoms with Crippen LogP contribution < -0.4 is 20.7 Å². The van der Waals surface area contributed by atoms with Crippen molar-refractivity contribution in [3.63, 3.8) is 0 Å². The molecule has 0 unspecified atom stereocenters. The number of likely N-dealkylation sites (tertiary alicyclic amines) is 1. The van der Waals surface area contributed by atoms with E-state index >= 15 is 0 Å². The Bertz CT molecular complexity index is 1270. The van der Waals surface area contributed by atoms with Gasteiger partial charge in [0.05, 0.1) is 18.1 Å². The van der Waals surface area contributed by atoms with E-state index in [0.29, 0.717) is 39.9 Å². The second-order valence-electron chi connectivity index (χ2n) is 10.0. The molecule has 2 aliphatic rings. The zero-order valence-corrected chi connectivity index (χ0v) is 23.3. The van der Waals surface area contributed by atoms with E-state index in [4.69, 9.17) is 38.7 Å². The number of piperazine rings is 1. The molecule has 0 saturated carbocycles. The number of pyridine rings is 1. The number of halogens is 2. The Morgan fingerprint density at radius 3 is 2.31 bits per heavy atom. The number of hydrogen-bond acceptors (Lipinski definition) is 8. The van der Waals surface area contributed by atoms with Crippen LogP contribution in [0.25, 0.3) is 11.3 Å². The number of piperidine rings is 1. The Hall–Kier alpha value is -3.18. The molecule has 2 aromatic heterocycles. The fourth-order valence-corrected chi connectivity index (χ4v) is 5.43. The first-order chi connectivity index (χ1) is 18.8. The molecule has 10 nitrogen and oxygen atoms in total. The molecule has 2 amide bonds. The fourth-order valence-electron chi connectivity index (χ4n) is 4.90. The molecule has 0 bridgehead atoms. The van der Waals surface area contributed by atoms with Gasteiger partial charge in [-0.15, -0.1) is 0 Å². The molecular weight excluding hydrogens is 539 g/mol. The third-order valence-electron chi connectivity index (χ3n) is 6.98. The zero-order chi connectivity index (χ0) is 27.4. The summed E-state index contributed by atoms with van der Waals surface area (Å²) in [7, 11) is 2.12. The molecule has 3 aromatic rings. The van der Waals surface area contributed by atoms with Crippen molar-refractivity contribution in [2.24, 2.45) is 5.73 Å². The zero-order valence-electron chi connectivity index (χ0n) is 21.8. The molecule has 0 radical (unpaired) electrons. The number of rotatable bonds is 7. The van der Waals surface area contributed by atoms with E-state index in [9.17, 15) is 4.79 Å². The number of nitrogens with zero attached hydrogens (tertiary/aromatic N) is 6. The van der Waals surface area contributed by atoms with Crippen molar-refractivity contribution < 1.29 is 9.53 Å². The van der Waals surface area contributed by atoms with Gasteiger partial charge in [0, 0.05) is 73.5 Å². The Morgan fingerprint density at radius 2 is 1.67 bits per heavy atom. The number of benzene rings is 1. The first-order valence-electron chi connectivity index (χ1n) is 13.0. The second kappa shape index (κ2) is 12.3. The van der Waals surface area contributed by atoms with Gasteiger partial charge in [0.15, 0.2) is 5.75 Å². The molecule has 4 heterocycles. The minimum Gasteiger partial charge on any atom is -0.436 e. The van der Waals surface area contributed by atoms with Gasteiger partial charge < -0.3 is 25.6 Å². The highest BCUT2D eigenvalue weighted by Crippen LogP contribution is 2.30. The lowest BCUT2D eigenvalue weighted by Gasteiger charge is -2.32. The minimum atomic E-state index is -0.477. The summed E-state index contributed by atoms with van der Waals surface area (Å²) < 4.78 is 6.14. The highest BCUT2D eigenvalue weighted by molar-refractivity contribution is 6.35. The van der Waals surface area contributed by atoms with Gasteiger partial charge in [-0.1, -0.05) is 23.2 Å². The van der Waals surface area contributed by atoms with E-state index in [1.807, 2.05) is 24.3 Å². The fraction of sp³-hybridized carbons (Fsp3) is 0.407. The van der Waals surface area contributed by atoms with Crippen LogP contribution in [0.1, 0.15) is 18.4 Å². The predicted molar refractivity (Wildman–Crippen MR) is 153 cm³/mol. The quantitative estimate of drug-likeness (QED) is 0.438. The smallest absolute Gasteiger partial charge is 0.312 e. The van der Waals surface area contributed by atoms with E-state index in [2.05, 4.69) is 37.0 Å². The number of anilines is 1. The van der Waals surface area contributed by atoms with Crippen molar-refractivity contribution in [3.8, 4) is 22.9 Å². The average Bonchev–Trinajstić information content (AvgIpc) is 2.90. The van der Waals surface area contributed by atoms with Crippen molar-refractivity contribution in [3.05, 3.63) is 58.3 Å². The van der Waals surface area contributed by atoms with E-state index in [1.165, 1.54) is 0 Å². The Balaban J connectivity index is 1.35. The molecule has 2 aliphatic heterocycles. The van der Waals surface area contributed by atoms with Crippen LogP contribution in [0.2, 0.25) is 10.0 Å². The van der Waals surface area contributed by atoms with Gasteiger partial charge in [-0.3, -0.25) is 4.90 Å². The molecule has 206 valence electrons. The largest absolute Gasteiger partial charge is 0.436 e. The summed E-state index contributed by atoms with van der Waals surface area (Å²) in [6, 6.07) is 8.93. The van der Waals surface area contributed by atoms with Crippen LogP contribution in [0.15, 0.2) is 42.7 Å². The number of primary amides is 1. The molecular formula is C27H32Cl2N8O2. The van der Waals surface area contributed by atoms with Gasteiger partial charge in [0.1, 0.15) is 0 Å². The van der Waals surface area contributed by atoms with Crippen LogP contribution in [-0.2, 0) is 6.54 Å². The third-order valence-corrected chi connectivity index (χ3v) is 7.42. The van der Waals surface area contributed by atoms with E-state index < -0.39 is 6.03 Å². The molecule has 1 aromatic carbocycles. The topological polar surface area (TPSA) is 113 Å². The summed E-state index contributed by atoms with van der Waals surface area (Å²) in [4.78, 5) is 31.8. The number of likely N-dealkylation sites (N-methyl/N-ethyl adjacent to an activating group) is 1. The van der Waals surface area contributed by atoms with Crippen LogP contribution in [0, 0.1) is 0 Å². The number of nitrogens with two attached hydrogens (primary N) is 1. The molecule has 3 N–H and O–H groups in total. The van der Waals surface area contributed by atoms with Crippen LogP contribution in [0.3, 0.4) is 0 Å². The highest BCUT2D eigenvalue weighted by atomic mass is 35.5. The predicted octanol–water partition coefficient (Wildman–Crippen LogP) is 4.02.